The minimum absolute atomic E-state index is 0.0620. The van der Waals surface area contributed by atoms with E-state index in [1.165, 1.54) is 0 Å². The highest BCUT2D eigenvalue weighted by atomic mass is 16.8. The SMILES string of the molecule is C/C=C(\C)C(=O)O[C@H]1[C@H](O)C(C)(C)C[C@H]2C3=CC[C@@H]4[C@@]5(C)CC[C@H](O[C@@H]6O[C@H](C(=O)O)[C@@H](O[C@@H]7O[C@H](CO)[C@@H](O)[C@H](O)[C@H]7O)[C@H](O)[C@H]6O[C@@H]6O[C@H](CO)[C@@H](O)[C@H](O)[C@H]6O)[C@](C)(CO)[C@@H]5CC[C@@]4(C)[C@]3(C)C[C@@H](O)[C@]21CO. The molecule has 0 aromatic heterocycles. The van der Waals surface area contributed by atoms with Gasteiger partial charge < -0.3 is 105 Å². The number of aliphatic hydroxyl groups is 13. The topological polar surface area (TPSA) is 382 Å². The summed E-state index contributed by atoms with van der Waals surface area (Å²) in [5, 5.41) is 154. The molecule has 0 spiro atoms. The molecule has 3 saturated heterocycles. The van der Waals surface area contributed by atoms with Crippen LogP contribution in [0.25, 0.3) is 0 Å². The first-order valence-electron chi connectivity index (χ1n) is 26.8. The van der Waals surface area contributed by atoms with Gasteiger partial charge in [0.2, 0.25) is 0 Å². The first-order valence-corrected chi connectivity index (χ1v) is 26.8. The molecular weight excluding hydrogens is 1000 g/mol. The van der Waals surface area contributed by atoms with Crippen LogP contribution < -0.4 is 0 Å². The Bertz CT molecular complexity index is 2170. The van der Waals surface area contributed by atoms with E-state index < -0.39 is 193 Å². The molecule has 0 bridgehead atoms. The Kier molecular flexibility index (Phi) is 16.9. The molecule has 14 N–H and O–H groups in total. The van der Waals surface area contributed by atoms with Crippen molar-refractivity contribution in [3.63, 3.8) is 0 Å². The van der Waals surface area contributed by atoms with Crippen molar-refractivity contribution in [2.24, 2.45) is 50.2 Å². The molecule has 7 fully saturated rings. The number of ether oxygens (including phenoxy) is 7. The van der Waals surface area contributed by atoms with Crippen molar-refractivity contribution in [2.45, 2.75) is 217 Å². The Labute approximate surface area is 442 Å². The second-order valence-electron chi connectivity index (χ2n) is 24.9. The molecule has 23 heteroatoms. The summed E-state index contributed by atoms with van der Waals surface area (Å²) >= 11 is 0. The van der Waals surface area contributed by atoms with Crippen LogP contribution in [0.15, 0.2) is 23.3 Å². The molecule has 0 aromatic rings. The summed E-state index contributed by atoms with van der Waals surface area (Å²) in [7, 11) is 0. The molecule has 3 heterocycles. The molecule has 0 unspecified atom stereocenters. The Morgan fingerprint density at radius 3 is 1.79 bits per heavy atom. The Hall–Kier alpha value is -2.34. The van der Waals surface area contributed by atoms with Crippen LogP contribution in [-0.2, 0) is 42.7 Å². The number of aliphatic hydroxyl groups excluding tert-OH is 13. The zero-order chi connectivity index (χ0) is 56.2. The standard InChI is InChI=1S/C53H84O23/c1-9-22(2)44(69)76-42-41(66)48(3,4)16-24-23-10-11-28-49(5)14-13-30(50(6,20-56)27(49)12-15-51(28,7)52(23,8)17-29(58)53(24,42)21-57)72-47-39(74-46-36(64)34(62)32(60)26(19-55)71-46)37(65)38(40(75-47)43(67)68)73-45-35(63)33(61)31(59)25(18-54)70-45/h9-10,24-42,45-47,54-66H,11-21H2,1-8H3,(H,67,68)/b22-9+/t24-,25+,26+,27+,28+,29+,30-,31+,32+,33-,34-,35+,36+,37-,38-,39+,40-,41-,42-,45-,46-,47+,49-,50+,51+,52+,53-/m0/s1. The van der Waals surface area contributed by atoms with Crippen LogP contribution in [0, 0.1) is 50.2 Å². The van der Waals surface area contributed by atoms with Gasteiger partial charge in [-0.25, -0.2) is 9.59 Å². The van der Waals surface area contributed by atoms with E-state index in [1.54, 1.807) is 19.9 Å². The summed E-state index contributed by atoms with van der Waals surface area (Å²) in [5.41, 5.74) is -3.64. The van der Waals surface area contributed by atoms with Crippen LogP contribution in [0.5, 0.6) is 0 Å². The van der Waals surface area contributed by atoms with Crippen molar-refractivity contribution in [1.82, 2.24) is 0 Å². The normalized spacial score (nSPS) is 52.3. The van der Waals surface area contributed by atoms with Crippen molar-refractivity contribution < 1.29 is 114 Å². The summed E-state index contributed by atoms with van der Waals surface area (Å²) in [5.74, 6) is -3.19. The van der Waals surface area contributed by atoms with Crippen molar-refractivity contribution >= 4 is 11.9 Å². The summed E-state index contributed by atoms with van der Waals surface area (Å²) in [6.07, 6.45) is -26.4. The number of fused-ring (bicyclic) bond motifs is 7. The molecule has 5 aliphatic carbocycles. The molecule has 23 nitrogen and oxygen atoms in total. The number of rotatable bonds is 13. The molecule has 0 radical (unpaired) electrons. The van der Waals surface area contributed by atoms with E-state index in [2.05, 4.69) is 26.8 Å². The number of hydrogen-bond acceptors (Lipinski definition) is 22. The molecule has 434 valence electrons. The number of hydrogen-bond donors (Lipinski definition) is 14. The fourth-order valence-corrected chi connectivity index (χ4v) is 15.9. The lowest BCUT2D eigenvalue weighted by molar-refractivity contribution is -0.392. The van der Waals surface area contributed by atoms with E-state index in [-0.39, 0.29) is 24.7 Å². The second kappa shape index (κ2) is 21.5. The lowest BCUT2D eigenvalue weighted by atomic mass is 9.33. The Morgan fingerprint density at radius 2 is 1.26 bits per heavy atom. The number of aliphatic carboxylic acids is 1. The summed E-state index contributed by atoms with van der Waals surface area (Å²) in [6.45, 7) is 12.9. The van der Waals surface area contributed by atoms with Gasteiger partial charge in [-0.2, -0.15) is 0 Å². The smallest absolute Gasteiger partial charge is 0.335 e. The van der Waals surface area contributed by atoms with Gasteiger partial charge in [0, 0.05) is 11.0 Å². The van der Waals surface area contributed by atoms with Gasteiger partial charge in [-0.1, -0.05) is 59.3 Å². The molecule has 0 amide bonds. The summed E-state index contributed by atoms with van der Waals surface area (Å²) in [4.78, 5) is 26.5. The molecule has 76 heavy (non-hydrogen) atoms. The maximum atomic E-state index is 13.4. The summed E-state index contributed by atoms with van der Waals surface area (Å²) in [6, 6.07) is 0. The lowest BCUT2D eigenvalue weighted by Crippen LogP contribution is -2.72. The lowest BCUT2D eigenvalue weighted by Gasteiger charge is -2.72. The molecule has 8 aliphatic rings. The second-order valence-corrected chi connectivity index (χ2v) is 24.9. The fraction of sp³-hybridized carbons (Fsp3) is 0.887. The van der Waals surface area contributed by atoms with Gasteiger partial charge in [-0.15, -0.1) is 0 Å². The van der Waals surface area contributed by atoms with Gasteiger partial charge in [0.25, 0.3) is 0 Å². The largest absolute Gasteiger partial charge is 0.479 e. The van der Waals surface area contributed by atoms with Gasteiger partial charge in [0.05, 0.1) is 50.2 Å². The first-order chi connectivity index (χ1) is 35.5. The van der Waals surface area contributed by atoms with Crippen LogP contribution in [-0.4, -0.2) is 226 Å². The molecule has 3 aliphatic heterocycles. The predicted octanol–water partition coefficient (Wildman–Crippen LogP) is -1.89. The number of carboxylic acids is 1. The third-order valence-electron chi connectivity index (χ3n) is 20.8. The summed E-state index contributed by atoms with van der Waals surface area (Å²) < 4.78 is 42.0. The maximum absolute atomic E-state index is 13.4. The molecule has 8 rings (SSSR count). The zero-order valence-electron chi connectivity index (χ0n) is 44.6. The fourth-order valence-electron chi connectivity index (χ4n) is 15.9. The van der Waals surface area contributed by atoms with Crippen LogP contribution >= 0.6 is 0 Å². The van der Waals surface area contributed by atoms with Crippen molar-refractivity contribution in [3.8, 4) is 0 Å². The van der Waals surface area contributed by atoms with E-state index in [4.69, 9.17) is 33.2 Å². The minimum Gasteiger partial charge on any atom is -0.479 e. The average Bonchev–Trinajstić information content (AvgIpc) is 3.41. The maximum Gasteiger partial charge on any atom is 0.335 e. The van der Waals surface area contributed by atoms with E-state index >= 15 is 0 Å². The molecule has 0 aromatic carbocycles. The van der Waals surface area contributed by atoms with E-state index in [1.807, 2.05) is 20.8 Å². The Morgan fingerprint density at radius 1 is 0.684 bits per heavy atom. The number of carbonyl (C=O) groups is 2. The van der Waals surface area contributed by atoms with Crippen molar-refractivity contribution in [2.75, 3.05) is 26.4 Å². The average molecular weight is 1090 g/mol. The molecule has 27 atom stereocenters. The predicted molar refractivity (Wildman–Crippen MR) is 259 cm³/mol. The number of carboxylic acid groups (broad SMARTS) is 1. The zero-order valence-corrected chi connectivity index (χ0v) is 44.6. The van der Waals surface area contributed by atoms with Gasteiger partial charge in [-0.05, 0) is 98.2 Å². The van der Waals surface area contributed by atoms with Gasteiger partial charge >= 0.3 is 11.9 Å². The Balaban J connectivity index is 1.11. The third kappa shape index (κ3) is 9.16. The number of allylic oxidation sites excluding steroid dienone is 3. The highest BCUT2D eigenvalue weighted by Crippen LogP contribution is 2.76. The number of carbonyl (C=O) groups excluding carboxylic acids is 1. The van der Waals surface area contributed by atoms with Crippen LogP contribution in [0.4, 0.5) is 0 Å². The molecular formula is C53H84O23. The highest BCUT2D eigenvalue weighted by Gasteiger charge is 2.74. The van der Waals surface area contributed by atoms with Crippen LogP contribution in [0.3, 0.4) is 0 Å². The number of esters is 1. The van der Waals surface area contributed by atoms with Crippen molar-refractivity contribution in [3.05, 3.63) is 23.3 Å². The quantitative estimate of drug-likeness (QED) is 0.0415. The van der Waals surface area contributed by atoms with Crippen molar-refractivity contribution in [1.29, 1.82) is 0 Å². The minimum atomic E-state index is -2.17. The van der Waals surface area contributed by atoms with E-state index in [0.29, 0.717) is 37.7 Å². The van der Waals surface area contributed by atoms with Crippen LogP contribution in [0.2, 0.25) is 0 Å². The van der Waals surface area contributed by atoms with Gasteiger partial charge in [-0.3, -0.25) is 0 Å². The van der Waals surface area contributed by atoms with Crippen LogP contribution in [0.1, 0.15) is 100 Å². The van der Waals surface area contributed by atoms with Gasteiger partial charge in [0.15, 0.2) is 25.0 Å². The highest BCUT2D eigenvalue weighted by molar-refractivity contribution is 5.87. The first kappa shape index (κ1) is 59.8. The molecule has 4 saturated carbocycles. The monoisotopic (exact) mass is 1090 g/mol. The van der Waals surface area contributed by atoms with Gasteiger partial charge in [0.1, 0.15) is 73.2 Å². The van der Waals surface area contributed by atoms with E-state index in [9.17, 15) is 81.1 Å². The van der Waals surface area contributed by atoms with E-state index in [0.717, 1.165) is 5.57 Å². The third-order valence-corrected chi connectivity index (χ3v) is 20.8.